The summed E-state index contributed by atoms with van der Waals surface area (Å²) >= 11 is 0. The molecule has 4 rings (SSSR count). The molecule has 1 aromatic heterocycles. The number of ether oxygens (including phenoxy) is 1. The van der Waals surface area contributed by atoms with Crippen molar-refractivity contribution < 1.29 is 19.4 Å². The van der Waals surface area contributed by atoms with E-state index in [1.165, 1.54) is 18.7 Å². The molecule has 8 heteroatoms. The fraction of sp³-hybridized carbons (Fsp3) is 0.344. The maximum atomic E-state index is 12.6. The van der Waals surface area contributed by atoms with Crippen molar-refractivity contribution in [1.29, 1.82) is 0 Å². The van der Waals surface area contributed by atoms with Crippen LogP contribution in [0, 0.1) is 5.92 Å². The molecule has 0 saturated carbocycles. The van der Waals surface area contributed by atoms with E-state index in [1.807, 2.05) is 29.0 Å². The highest BCUT2D eigenvalue weighted by atomic mass is 33.1. The maximum Gasteiger partial charge on any atom is 0.163 e. The number of carbonyl (C=O) groups excluding carboxylic acids is 2. The van der Waals surface area contributed by atoms with Crippen molar-refractivity contribution in [2.45, 2.75) is 50.7 Å². The molecule has 1 aliphatic rings. The fourth-order valence-electron chi connectivity index (χ4n) is 4.75. The van der Waals surface area contributed by atoms with Crippen molar-refractivity contribution in [3.8, 4) is 11.5 Å². The first kappa shape index (κ1) is 29.7. The van der Waals surface area contributed by atoms with Gasteiger partial charge in [0, 0.05) is 29.2 Å². The third-order valence-electron chi connectivity index (χ3n) is 7.17. The van der Waals surface area contributed by atoms with Gasteiger partial charge >= 0.3 is 0 Å². The molecule has 0 spiro atoms. The topological polar surface area (TPSA) is 103 Å². The standard InChI is InChI=1S/C32H36N2O4S2/c1-3-21-9-11-26(35)18-27(36)12-10-24-17-30(38-2)29(37)16-25(24)13-23-14-28(32(33)34-19-23)31(40-39-20-21)15-22-7-5-4-6-8-22/h4-8,10,12,14,16-17,19,21,31,37H,3,9,11,13,15,18,20H2,1-2H3,(H2,33,34)/t21-,31+/m1/s1. The van der Waals surface area contributed by atoms with Crippen LogP contribution in [0.2, 0.25) is 0 Å². The van der Waals surface area contributed by atoms with Crippen LogP contribution in [0.25, 0.3) is 6.08 Å². The second kappa shape index (κ2) is 14.4. The van der Waals surface area contributed by atoms with E-state index in [9.17, 15) is 14.7 Å². The lowest BCUT2D eigenvalue weighted by molar-refractivity contribution is -0.124. The number of fused-ring (bicyclic) bond motifs is 3. The molecule has 2 atom stereocenters. The minimum absolute atomic E-state index is 0.0151. The average molecular weight is 577 g/mol. The molecule has 3 aromatic rings. The number of nitrogens with zero attached hydrogens (tertiary/aromatic N) is 1. The highest BCUT2D eigenvalue weighted by Gasteiger charge is 2.21. The van der Waals surface area contributed by atoms with Gasteiger partial charge in [-0.3, -0.25) is 9.59 Å². The molecule has 2 heterocycles. The largest absolute Gasteiger partial charge is 0.504 e. The first-order valence-corrected chi connectivity index (χ1v) is 15.9. The zero-order valence-electron chi connectivity index (χ0n) is 23.0. The van der Waals surface area contributed by atoms with Crippen LogP contribution in [0.5, 0.6) is 11.5 Å². The number of Topliss-reactive ketones (excluding diaryl/α,β-unsaturated/α-hetero) is 1. The third-order valence-corrected chi connectivity index (χ3v) is 10.1. The summed E-state index contributed by atoms with van der Waals surface area (Å²) in [4.78, 5) is 29.8. The van der Waals surface area contributed by atoms with Gasteiger partial charge < -0.3 is 15.6 Å². The van der Waals surface area contributed by atoms with Crippen LogP contribution in [-0.2, 0) is 22.4 Å². The number of phenols is 1. The van der Waals surface area contributed by atoms with Gasteiger partial charge in [0.1, 0.15) is 11.6 Å². The minimum atomic E-state index is -0.234. The summed E-state index contributed by atoms with van der Waals surface area (Å²) in [6.07, 6.45) is 8.22. The van der Waals surface area contributed by atoms with Crippen LogP contribution in [-0.4, -0.2) is 34.5 Å². The smallest absolute Gasteiger partial charge is 0.163 e. The van der Waals surface area contributed by atoms with Crippen LogP contribution in [0.1, 0.15) is 65.7 Å². The van der Waals surface area contributed by atoms with Crippen molar-refractivity contribution in [3.63, 3.8) is 0 Å². The van der Waals surface area contributed by atoms with E-state index in [1.54, 1.807) is 35.2 Å². The number of benzene rings is 2. The summed E-state index contributed by atoms with van der Waals surface area (Å²) in [5, 5.41) is 10.6. The van der Waals surface area contributed by atoms with Crippen LogP contribution < -0.4 is 10.5 Å². The molecule has 210 valence electrons. The predicted octanol–water partition coefficient (Wildman–Crippen LogP) is 7.00. The first-order valence-electron chi connectivity index (χ1n) is 13.5. The van der Waals surface area contributed by atoms with E-state index >= 15 is 0 Å². The Morgan fingerprint density at radius 3 is 2.65 bits per heavy atom. The minimum Gasteiger partial charge on any atom is -0.504 e. The van der Waals surface area contributed by atoms with Crippen molar-refractivity contribution in [1.82, 2.24) is 4.98 Å². The molecular formula is C32H36N2O4S2. The lowest BCUT2D eigenvalue weighted by Crippen LogP contribution is -2.10. The number of aromatic nitrogens is 1. The van der Waals surface area contributed by atoms with Gasteiger partial charge in [0.2, 0.25) is 0 Å². The Morgan fingerprint density at radius 1 is 1.10 bits per heavy atom. The SMILES string of the molecule is CC[C@@H]1CCC(=O)CC(=O)C=Cc2cc(OC)c(O)cc2Cc2cnc(N)c(c2)[C@H](Cc2ccccc2)SSC1. The van der Waals surface area contributed by atoms with Gasteiger partial charge in [0.25, 0.3) is 0 Å². The highest BCUT2D eigenvalue weighted by molar-refractivity contribution is 8.76. The summed E-state index contributed by atoms with van der Waals surface area (Å²) < 4.78 is 5.31. The Kier molecular flexibility index (Phi) is 10.7. The number of methoxy groups -OCH3 is 1. The highest BCUT2D eigenvalue weighted by Crippen LogP contribution is 2.44. The number of allylic oxidation sites excluding steroid dienone is 1. The number of pyridine rings is 1. The van der Waals surface area contributed by atoms with Crippen molar-refractivity contribution in [2.75, 3.05) is 18.6 Å². The normalized spacial score (nSPS) is 18.9. The number of rotatable bonds is 4. The summed E-state index contributed by atoms with van der Waals surface area (Å²) in [5.41, 5.74) is 11.1. The number of hydrogen-bond acceptors (Lipinski definition) is 8. The molecule has 2 bridgehead atoms. The van der Waals surface area contributed by atoms with Crippen LogP contribution in [0.15, 0.2) is 60.8 Å². The van der Waals surface area contributed by atoms with Gasteiger partial charge in [-0.1, -0.05) is 71.3 Å². The van der Waals surface area contributed by atoms with Gasteiger partial charge in [-0.2, -0.15) is 0 Å². The number of nitrogen functional groups attached to an aromatic ring is 1. The lowest BCUT2D eigenvalue weighted by atomic mass is 9.96. The van der Waals surface area contributed by atoms with E-state index in [0.29, 0.717) is 30.3 Å². The van der Waals surface area contributed by atoms with Crippen molar-refractivity contribution in [3.05, 3.63) is 88.6 Å². The Hall–Kier alpha value is -3.23. The van der Waals surface area contributed by atoms with E-state index < -0.39 is 0 Å². The number of phenolic OH excluding ortho intramolecular Hbond substituents is 1. The van der Waals surface area contributed by atoms with Crippen LogP contribution in [0.3, 0.4) is 0 Å². The molecular weight excluding hydrogens is 540 g/mol. The monoisotopic (exact) mass is 576 g/mol. The Labute approximate surface area is 244 Å². The van der Waals surface area contributed by atoms with Crippen molar-refractivity contribution >= 4 is 45.0 Å². The van der Waals surface area contributed by atoms with Crippen LogP contribution in [0.4, 0.5) is 5.82 Å². The second-order valence-electron chi connectivity index (χ2n) is 10.1. The maximum absolute atomic E-state index is 12.6. The summed E-state index contributed by atoms with van der Waals surface area (Å²) in [5.74, 6) is 1.86. The molecule has 1 aliphatic heterocycles. The number of carbonyl (C=O) groups is 2. The Bertz CT molecular complexity index is 1360. The Morgan fingerprint density at radius 2 is 1.90 bits per heavy atom. The molecule has 2 aromatic carbocycles. The van der Waals surface area contributed by atoms with Crippen molar-refractivity contribution in [2.24, 2.45) is 5.92 Å². The predicted molar refractivity (Wildman–Crippen MR) is 166 cm³/mol. The molecule has 40 heavy (non-hydrogen) atoms. The molecule has 0 amide bonds. The number of nitrogens with two attached hydrogens (primary N) is 1. The van der Waals surface area contributed by atoms with E-state index in [2.05, 4.69) is 30.1 Å². The Balaban J connectivity index is 1.74. The summed E-state index contributed by atoms with van der Waals surface area (Å²) in [6, 6.07) is 15.8. The average Bonchev–Trinajstić information content (AvgIpc) is 2.95. The number of hydrogen-bond donors (Lipinski definition) is 2. The molecule has 0 fully saturated rings. The van der Waals surface area contributed by atoms with Gasteiger partial charge in [0.05, 0.1) is 13.5 Å². The quantitative estimate of drug-likeness (QED) is 0.253. The van der Waals surface area contributed by atoms with Gasteiger partial charge in [-0.25, -0.2) is 4.98 Å². The molecule has 0 radical (unpaired) electrons. The molecule has 6 nitrogen and oxygen atoms in total. The first-order chi connectivity index (χ1) is 19.4. The summed E-state index contributed by atoms with van der Waals surface area (Å²) in [6.45, 7) is 2.15. The molecule has 3 N–H and O–H groups in total. The molecule has 0 aliphatic carbocycles. The van der Waals surface area contributed by atoms with Gasteiger partial charge in [0.15, 0.2) is 17.3 Å². The zero-order valence-corrected chi connectivity index (χ0v) is 24.6. The van der Waals surface area contributed by atoms with Gasteiger partial charge in [-0.15, -0.1) is 0 Å². The summed E-state index contributed by atoms with van der Waals surface area (Å²) in [7, 11) is 5.09. The number of ketones is 2. The van der Waals surface area contributed by atoms with Crippen LogP contribution >= 0.6 is 21.6 Å². The van der Waals surface area contributed by atoms with E-state index in [0.717, 1.165) is 47.3 Å². The van der Waals surface area contributed by atoms with E-state index in [4.69, 9.17) is 10.5 Å². The molecule has 0 unspecified atom stereocenters. The van der Waals surface area contributed by atoms with E-state index in [-0.39, 0.29) is 29.0 Å². The second-order valence-corrected chi connectivity index (χ2v) is 12.7. The lowest BCUT2D eigenvalue weighted by Gasteiger charge is -2.21. The number of aromatic hydroxyl groups is 1. The van der Waals surface area contributed by atoms with Gasteiger partial charge in [-0.05, 0) is 71.7 Å². The number of anilines is 1. The fourth-order valence-corrected chi connectivity index (χ4v) is 7.96. The molecule has 0 saturated heterocycles. The third kappa shape index (κ3) is 8.15. The zero-order chi connectivity index (χ0) is 28.5.